The van der Waals surface area contributed by atoms with E-state index in [1.165, 1.54) is 25.8 Å². The second kappa shape index (κ2) is 20.8. The van der Waals surface area contributed by atoms with Crippen molar-refractivity contribution in [2.75, 3.05) is 46.4 Å². The third kappa shape index (κ3) is 13.5. The lowest BCUT2D eigenvalue weighted by Gasteiger charge is -2.38. The first-order chi connectivity index (χ1) is 22.3. The Bertz CT molecular complexity index is 935. The van der Waals surface area contributed by atoms with Crippen LogP contribution in [0.15, 0.2) is 0 Å². The van der Waals surface area contributed by atoms with Gasteiger partial charge in [0.05, 0.1) is 25.4 Å². The molecule has 47 heavy (non-hydrogen) atoms. The number of hydrogen-bond acceptors (Lipinski definition) is 14. The van der Waals surface area contributed by atoms with Gasteiger partial charge in [0.2, 0.25) is 23.6 Å². The molecule has 0 aromatic carbocycles. The van der Waals surface area contributed by atoms with Gasteiger partial charge in [0.25, 0.3) is 0 Å². The summed E-state index contributed by atoms with van der Waals surface area (Å²) < 4.78 is 21.5. The van der Waals surface area contributed by atoms with Crippen molar-refractivity contribution < 1.29 is 68.8 Å². The highest BCUT2D eigenvalue weighted by molar-refractivity contribution is 5.80. The third-order valence-corrected chi connectivity index (χ3v) is 7.92. The first-order valence-electron chi connectivity index (χ1n) is 15.9. The Morgan fingerprint density at radius 2 is 1.04 bits per heavy atom. The van der Waals surface area contributed by atoms with E-state index >= 15 is 0 Å². The number of hydrogen-bond donors (Lipinski definition) is 9. The molecule has 18 heteroatoms. The van der Waals surface area contributed by atoms with Gasteiger partial charge < -0.3 is 70.4 Å². The molecule has 0 unspecified atom stereocenters. The first kappa shape index (κ1) is 40.7. The predicted molar refractivity (Wildman–Crippen MR) is 161 cm³/mol. The molecule has 2 rings (SSSR count). The summed E-state index contributed by atoms with van der Waals surface area (Å²) in [6, 6.07) is 0. The van der Waals surface area contributed by atoms with Crippen LogP contribution < -0.4 is 16.0 Å². The Labute approximate surface area is 273 Å². The molecule has 2 heterocycles. The fourth-order valence-corrected chi connectivity index (χ4v) is 4.89. The van der Waals surface area contributed by atoms with E-state index < -0.39 is 73.2 Å². The van der Waals surface area contributed by atoms with E-state index in [0.717, 1.165) is 0 Å². The summed E-state index contributed by atoms with van der Waals surface area (Å²) in [5.74, 6) is -1.23. The second-order valence-corrected chi connectivity index (χ2v) is 11.6. The number of rotatable bonds is 19. The van der Waals surface area contributed by atoms with E-state index in [0.29, 0.717) is 12.8 Å². The molecule has 0 bridgehead atoms. The van der Waals surface area contributed by atoms with E-state index in [-0.39, 0.29) is 76.9 Å². The molecule has 0 aromatic rings. The van der Waals surface area contributed by atoms with Crippen LogP contribution >= 0.6 is 0 Å². The van der Waals surface area contributed by atoms with Crippen molar-refractivity contribution in [2.24, 2.45) is 0 Å². The molecule has 0 aliphatic carbocycles. The van der Waals surface area contributed by atoms with Crippen molar-refractivity contribution in [1.29, 1.82) is 0 Å². The minimum atomic E-state index is -1.47. The van der Waals surface area contributed by atoms with Gasteiger partial charge in [-0.15, -0.1) is 0 Å². The van der Waals surface area contributed by atoms with Crippen molar-refractivity contribution in [1.82, 2.24) is 20.9 Å². The largest absolute Gasteiger partial charge is 0.388 e. The molecule has 0 aromatic heterocycles. The third-order valence-electron chi connectivity index (χ3n) is 7.92. The maximum Gasteiger partial charge on any atom is 0.222 e. The SMILES string of the molecule is CNC(=O)CCCCC(=O)N(CCC(=O)NCCO[C@@H]1O[C@@H](C)[C@@H](O)[C@@H](O)[C@@H]1O)CCC(=O)NCCO[C@@H]1O[C@@H](C)[C@@H](O)[C@@H](O)[C@@H]1O. The van der Waals surface area contributed by atoms with Gasteiger partial charge in [-0.1, -0.05) is 0 Å². The Morgan fingerprint density at radius 3 is 1.47 bits per heavy atom. The van der Waals surface area contributed by atoms with E-state index in [9.17, 15) is 49.8 Å². The summed E-state index contributed by atoms with van der Waals surface area (Å²) in [5, 5.41) is 67.1. The first-order valence-corrected chi connectivity index (χ1v) is 15.9. The van der Waals surface area contributed by atoms with Gasteiger partial charge in [0.1, 0.15) is 36.6 Å². The van der Waals surface area contributed by atoms with Crippen LogP contribution in [0.3, 0.4) is 0 Å². The summed E-state index contributed by atoms with van der Waals surface area (Å²) in [6.45, 7) is 3.04. The number of ether oxygens (including phenoxy) is 4. The van der Waals surface area contributed by atoms with Crippen LogP contribution in [0.2, 0.25) is 0 Å². The van der Waals surface area contributed by atoms with Crippen LogP contribution in [0.25, 0.3) is 0 Å². The van der Waals surface area contributed by atoms with E-state index in [1.54, 1.807) is 0 Å². The van der Waals surface area contributed by atoms with Crippen LogP contribution in [0.1, 0.15) is 52.4 Å². The second-order valence-electron chi connectivity index (χ2n) is 11.6. The minimum absolute atomic E-state index is 0.0205. The van der Waals surface area contributed by atoms with Gasteiger partial charge in [-0.3, -0.25) is 19.2 Å². The van der Waals surface area contributed by atoms with Gasteiger partial charge in [0.15, 0.2) is 12.6 Å². The molecule has 18 nitrogen and oxygen atoms in total. The zero-order chi connectivity index (χ0) is 35.1. The maximum absolute atomic E-state index is 12.9. The maximum atomic E-state index is 12.9. The molecule has 272 valence electrons. The highest BCUT2D eigenvalue weighted by Crippen LogP contribution is 2.22. The van der Waals surface area contributed by atoms with Crippen LogP contribution in [0.4, 0.5) is 0 Å². The lowest BCUT2D eigenvalue weighted by Crippen LogP contribution is -2.57. The predicted octanol–water partition coefficient (Wildman–Crippen LogP) is -4.18. The van der Waals surface area contributed by atoms with Gasteiger partial charge >= 0.3 is 0 Å². The average molecular weight is 681 g/mol. The fraction of sp³-hybridized carbons (Fsp3) is 0.862. The summed E-state index contributed by atoms with van der Waals surface area (Å²) >= 11 is 0. The highest BCUT2D eigenvalue weighted by atomic mass is 16.7. The molecular formula is C29H52N4O14. The average Bonchev–Trinajstić information content (AvgIpc) is 3.05. The quantitative estimate of drug-likeness (QED) is 0.0586. The Morgan fingerprint density at radius 1 is 0.617 bits per heavy atom. The fourth-order valence-electron chi connectivity index (χ4n) is 4.89. The Hall–Kier alpha value is -2.52. The summed E-state index contributed by atoms with van der Waals surface area (Å²) in [6.07, 6.45) is -11.1. The lowest BCUT2D eigenvalue weighted by atomic mass is 10.0. The number of unbranched alkanes of at least 4 members (excludes halogenated alkanes) is 1. The van der Waals surface area contributed by atoms with Gasteiger partial charge in [-0.25, -0.2) is 0 Å². The van der Waals surface area contributed by atoms with Crippen molar-refractivity contribution in [3.05, 3.63) is 0 Å². The molecular weight excluding hydrogens is 628 g/mol. The molecule has 0 spiro atoms. The number of amides is 4. The molecule has 2 aliphatic heterocycles. The summed E-state index contributed by atoms with van der Waals surface area (Å²) in [7, 11) is 1.52. The van der Waals surface area contributed by atoms with Crippen LogP contribution in [-0.2, 0) is 38.1 Å². The molecule has 4 amide bonds. The van der Waals surface area contributed by atoms with E-state index in [1.807, 2.05) is 0 Å². The van der Waals surface area contributed by atoms with Crippen LogP contribution in [-0.4, -0.2) is 167 Å². The molecule has 2 saturated heterocycles. The molecule has 2 aliphatic rings. The normalized spacial score (nSPS) is 30.7. The smallest absolute Gasteiger partial charge is 0.222 e. The van der Waals surface area contributed by atoms with Gasteiger partial charge in [-0.2, -0.15) is 0 Å². The van der Waals surface area contributed by atoms with Crippen molar-refractivity contribution in [3.63, 3.8) is 0 Å². The van der Waals surface area contributed by atoms with Crippen LogP contribution in [0.5, 0.6) is 0 Å². The molecule has 0 saturated carbocycles. The highest BCUT2D eigenvalue weighted by Gasteiger charge is 2.43. The molecule has 9 N–H and O–H groups in total. The summed E-state index contributed by atoms with van der Waals surface area (Å²) in [4.78, 5) is 50.7. The number of nitrogens with one attached hydrogen (secondary N) is 3. The summed E-state index contributed by atoms with van der Waals surface area (Å²) in [5.41, 5.74) is 0. The van der Waals surface area contributed by atoms with Crippen molar-refractivity contribution >= 4 is 23.6 Å². The zero-order valence-electron chi connectivity index (χ0n) is 27.2. The van der Waals surface area contributed by atoms with E-state index in [4.69, 9.17) is 18.9 Å². The van der Waals surface area contributed by atoms with Crippen LogP contribution in [0, 0.1) is 0 Å². The molecule has 0 radical (unpaired) electrons. The number of nitrogens with zero attached hydrogens (tertiary/aromatic N) is 1. The van der Waals surface area contributed by atoms with E-state index in [2.05, 4.69) is 16.0 Å². The zero-order valence-corrected chi connectivity index (χ0v) is 27.2. The number of carbonyl (C=O) groups excluding carboxylic acids is 4. The number of aliphatic hydroxyl groups excluding tert-OH is 6. The number of aliphatic hydroxyl groups is 6. The topological polar surface area (TPSA) is 266 Å². The monoisotopic (exact) mass is 680 g/mol. The van der Waals surface area contributed by atoms with Gasteiger partial charge in [0, 0.05) is 58.9 Å². The Kier molecular flexibility index (Phi) is 18.0. The number of carbonyl (C=O) groups is 4. The Balaban J connectivity index is 1.77. The molecule has 10 atom stereocenters. The minimum Gasteiger partial charge on any atom is -0.388 e. The van der Waals surface area contributed by atoms with Gasteiger partial charge in [-0.05, 0) is 26.7 Å². The standard InChI is InChI=1S/C29H52N4O14/c1-16-22(38)24(40)26(42)28(46-16)44-14-10-31-19(35)8-12-33(21(37)7-5-4-6-18(34)30-3)13-9-20(36)32-11-15-45-29-27(43)25(41)23(39)17(2)47-29/h16-17,22-29,38-43H,4-15H2,1-3H3,(H,30,34)(H,31,35)(H,32,36)/t16-,17-,22+,23+,24+,25+,26-,27-,28+,29+/m0/s1. The molecule has 2 fully saturated rings. The van der Waals surface area contributed by atoms with Crippen molar-refractivity contribution in [3.8, 4) is 0 Å². The van der Waals surface area contributed by atoms with Crippen molar-refractivity contribution in [2.45, 2.75) is 114 Å². The lowest BCUT2D eigenvalue weighted by molar-refractivity contribution is -0.292.